The van der Waals surface area contributed by atoms with Crippen LogP contribution in [0, 0.1) is 0 Å². The number of ether oxygens (including phenoxy) is 1. The molecule has 0 saturated carbocycles. The van der Waals surface area contributed by atoms with Crippen molar-refractivity contribution >= 4 is 0 Å². The van der Waals surface area contributed by atoms with E-state index in [2.05, 4.69) is 4.74 Å². The lowest BCUT2D eigenvalue weighted by Crippen LogP contribution is -2.71. The van der Waals surface area contributed by atoms with Gasteiger partial charge in [0, 0.05) is 0 Å². The van der Waals surface area contributed by atoms with Gasteiger partial charge in [0.25, 0.3) is 6.36 Å². The van der Waals surface area contributed by atoms with E-state index < -0.39 is 48.0 Å². The SMILES string of the molecule is F[C@H]1O[C@@]1(F)C(F)(F)C(F)(F)C(F)(F)C(F)(F)C(F)(F)C(F)(F)F. The number of alkyl halides is 15. The van der Waals surface area contributed by atoms with Gasteiger partial charge in [-0.3, -0.25) is 4.74 Å². The monoisotopic (exact) mass is 398 g/mol. The molecule has 144 valence electrons. The second-order valence-corrected chi connectivity index (χ2v) is 4.45. The van der Waals surface area contributed by atoms with Gasteiger partial charge in [0.15, 0.2) is 0 Å². The van der Waals surface area contributed by atoms with Crippen LogP contribution in [0.3, 0.4) is 0 Å². The first-order valence-corrected chi connectivity index (χ1v) is 5.09. The van der Waals surface area contributed by atoms with Crippen molar-refractivity contribution in [3.05, 3.63) is 0 Å². The van der Waals surface area contributed by atoms with Gasteiger partial charge in [-0.25, -0.2) is 4.39 Å². The molecule has 1 rings (SSSR count). The second-order valence-electron chi connectivity index (χ2n) is 4.45. The molecule has 0 aromatic carbocycles. The summed E-state index contributed by atoms with van der Waals surface area (Å²) < 4.78 is 190. The Labute approximate surface area is 120 Å². The fourth-order valence-corrected chi connectivity index (χ4v) is 1.32. The summed E-state index contributed by atoms with van der Waals surface area (Å²) in [5.41, 5.74) is 0. The van der Waals surface area contributed by atoms with Crippen LogP contribution in [0.15, 0.2) is 0 Å². The molecule has 0 aromatic rings. The van der Waals surface area contributed by atoms with E-state index in [1.165, 1.54) is 0 Å². The largest absolute Gasteiger partial charge is 0.460 e. The molecule has 0 bridgehead atoms. The summed E-state index contributed by atoms with van der Waals surface area (Å²) in [6.07, 6.45) is -11.6. The van der Waals surface area contributed by atoms with Gasteiger partial charge in [-0.1, -0.05) is 0 Å². The zero-order valence-corrected chi connectivity index (χ0v) is 10.2. The van der Waals surface area contributed by atoms with Crippen LogP contribution < -0.4 is 0 Å². The molecule has 1 aliphatic heterocycles. The third-order valence-electron chi connectivity index (χ3n) is 2.87. The highest BCUT2D eigenvalue weighted by Crippen LogP contribution is 2.65. The van der Waals surface area contributed by atoms with E-state index in [1.807, 2.05) is 0 Å². The molecule has 0 spiro atoms. The molecule has 1 saturated heterocycles. The Kier molecular flexibility index (Phi) is 4.15. The fraction of sp³-hybridized carbons (Fsp3) is 1.00. The lowest BCUT2D eigenvalue weighted by Gasteiger charge is -2.39. The van der Waals surface area contributed by atoms with Crippen molar-refractivity contribution in [2.24, 2.45) is 0 Å². The molecule has 0 N–H and O–H groups in total. The van der Waals surface area contributed by atoms with Gasteiger partial charge in [-0.15, -0.1) is 0 Å². The van der Waals surface area contributed by atoms with Crippen molar-refractivity contribution in [3.8, 4) is 0 Å². The summed E-state index contributed by atoms with van der Waals surface area (Å²) in [5, 5.41) is 0. The van der Waals surface area contributed by atoms with Crippen LogP contribution in [0.4, 0.5) is 65.9 Å². The third-order valence-corrected chi connectivity index (χ3v) is 2.87. The molecule has 24 heavy (non-hydrogen) atoms. The van der Waals surface area contributed by atoms with Crippen molar-refractivity contribution in [3.63, 3.8) is 0 Å². The van der Waals surface area contributed by atoms with E-state index in [0.717, 1.165) is 0 Å². The van der Waals surface area contributed by atoms with E-state index in [0.29, 0.717) is 0 Å². The lowest BCUT2D eigenvalue weighted by atomic mass is 9.92. The summed E-state index contributed by atoms with van der Waals surface area (Å²) in [6, 6.07) is 0. The zero-order chi connectivity index (χ0) is 19.8. The van der Waals surface area contributed by atoms with E-state index in [9.17, 15) is 65.9 Å². The summed E-state index contributed by atoms with van der Waals surface area (Å²) in [6.45, 7) is 0. The highest BCUT2D eigenvalue weighted by atomic mass is 19.4. The Hall–Kier alpha value is -1.09. The zero-order valence-electron chi connectivity index (χ0n) is 10.2. The Morgan fingerprint density at radius 3 is 1.12 bits per heavy atom. The van der Waals surface area contributed by atoms with E-state index in [-0.39, 0.29) is 0 Å². The van der Waals surface area contributed by atoms with Gasteiger partial charge in [0.1, 0.15) is 0 Å². The maximum Gasteiger partial charge on any atom is 0.460 e. The topological polar surface area (TPSA) is 12.5 Å². The van der Waals surface area contributed by atoms with Gasteiger partial charge >= 0.3 is 41.6 Å². The number of hydrogen-bond acceptors (Lipinski definition) is 1. The standard InChI is InChI=1S/C8HF15O/c9-1-2(10,24-1)3(11,12)4(13,14)5(15,16)6(17,18)7(19,20)8(21,22)23/h1H/t1-,2+/m0/s1. The molecule has 0 amide bonds. The maximum atomic E-state index is 12.9. The molecule has 0 radical (unpaired) electrons. The quantitative estimate of drug-likeness (QED) is 0.483. The molecule has 1 heterocycles. The highest BCUT2D eigenvalue weighted by Gasteiger charge is 2.96. The van der Waals surface area contributed by atoms with Crippen LogP contribution in [0.2, 0.25) is 0 Å². The van der Waals surface area contributed by atoms with Crippen LogP contribution in [0.1, 0.15) is 0 Å². The van der Waals surface area contributed by atoms with Gasteiger partial charge in [-0.2, -0.15) is 61.5 Å². The molecular weight excluding hydrogens is 397 g/mol. The molecule has 0 unspecified atom stereocenters. The Bertz CT molecular complexity index is 506. The number of rotatable bonds is 5. The Balaban J connectivity index is 3.46. The summed E-state index contributed by atoms with van der Waals surface area (Å²) in [7, 11) is 0. The van der Waals surface area contributed by atoms with E-state index in [4.69, 9.17) is 0 Å². The first-order chi connectivity index (χ1) is 10.1. The van der Waals surface area contributed by atoms with Crippen molar-refractivity contribution in [2.75, 3.05) is 0 Å². The first kappa shape index (κ1) is 21.0. The molecule has 1 fully saturated rings. The molecule has 2 atom stereocenters. The van der Waals surface area contributed by atoms with Gasteiger partial charge in [0.05, 0.1) is 0 Å². The molecule has 1 nitrogen and oxygen atoms in total. The van der Waals surface area contributed by atoms with Crippen LogP contribution in [-0.4, -0.2) is 48.0 Å². The molecule has 16 heteroatoms. The predicted octanol–water partition coefficient (Wildman–Crippen LogP) is 4.72. The summed E-state index contributed by atoms with van der Waals surface area (Å²) in [5.74, 6) is -45.0. The average Bonchev–Trinajstić information content (AvgIpc) is 2.96. The van der Waals surface area contributed by atoms with E-state index in [1.54, 1.807) is 0 Å². The average molecular weight is 398 g/mol. The van der Waals surface area contributed by atoms with E-state index >= 15 is 0 Å². The van der Waals surface area contributed by atoms with Crippen molar-refractivity contribution < 1.29 is 70.6 Å². The fourth-order valence-electron chi connectivity index (χ4n) is 1.32. The summed E-state index contributed by atoms with van der Waals surface area (Å²) >= 11 is 0. The van der Waals surface area contributed by atoms with Gasteiger partial charge in [0.2, 0.25) is 0 Å². The minimum atomic E-state index is -8.17. The number of epoxide rings is 1. The highest BCUT2D eigenvalue weighted by molar-refractivity contribution is 5.16. The third kappa shape index (κ3) is 2.16. The minimum Gasteiger partial charge on any atom is -0.296 e. The van der Waals surface area contributed by atoms with Crippen molar-refractivity contribution in [1.82, 2.24) is 0 Å². The molecular formula is C8HF15O. The Morgan fingerprint density at radius 1 is 0.583 bits per heavy atom. The molecule has 0 aliphatic carbocycles. The van der Waals surface area contributed by atoms with Crippen molar-refractivity contribution in [1.29, 1.82) is 0 Å². The number of halogens is 15. The first-order valence-electron chi connectivity index (χ1n) is 5.09. The molecule has 1 aliphatic rings. The maximum absolute atomic E-state index is 12.9. The lowest BCUT2D eigenvalue weighted by molar-refractivity contribution is -0.446. The normalized spacial score (nSPS) is 27.4. The second kappa shape index (κ2) is 4.75. The predicted molar refractivity (Wildman–Crippen MR) is 40.6 cm³/mol. The Morgan fingerprint density at radius 2 is 0.875 bits per heavy atom. The van der Waals surface area contributed by atoms with Gasteiger partial charge < -0.3 is 0 Å². The van der Waals surface area contributed by atoms with Gasteiger partial charge in [-0.05, 0) is 0 Å². The van der Waals surface area contributed by atoms with Crippen LogP contribution in [0.5, 0.6) is 0 Å². The van der Waals surface area contributed by atoms with Crippen molar-refractivity contribution in [2.45, 2.75) is 48.0 Å². The minimum absolute atomic E-state index is 2.56. The van der Waals surface area contributed by atoms with Crippen LogP contribution in [-0.2, 0) is 4.74 Å². The van der Waals surface area contributed by atoms with Crippen LogP contribution >= 0.6 is 0 Å². The molecule has 0 aromatic heterocycles. The van der Waals surface area contributed by atoms with Crippen LogP contribution in [0.25, 0.3) is 0 Å². The summed E-state index contributed by atoms with van der Waals surface area (Å²) in [4.78, 5) is 0. The number of hydrogen-bond donors (Lipinski definition) is 0. The smallest absolute Gasteiger partial charge is 0.296 e.